The molecule has 1 N–H and O–H groups in total. The van der Waals surface area contributed by atoms with Crippen molar-refractivity contribution in [1.29, 1.82) is 0 Å². The van der Waals surface area contributed by atoms with Crippen molar-refractivity contribution in [2.24, 2.45) is 0 Å². The van der Waals surface area contributed by atoms with Gasteiger partial charge in [-0.2, -0.15) is 0 Å². The largest absolute Gasteiger partial charge is 0.480 e. The van der Waals surface area contributed by atoms with E-state index in [-0.39, 0.29) is 18.2 Å². The fraction of sp³-hybridized carbons (Fsp3) is 0.562. The van der Waals surface area contributed by atoms with Crippen molar-refractivity contribution in [3.63, 3.8) is 0 Å². The average Bonchev–Trinajstić information content (AvgIpc) is 2.51. The van der Waals surface area contributed by atoms with Crippen LogP contribution in [0, 0.1) is 11.8 Å². The Morgan fingerprint density at radius 3 is 3.00 bits per heavy atom. The molecule has 2 fully saturated rings. The van der Waals surface area contributed by atoms with Crippen LogP contribution >= 0.6 is 0 Å². The molecule has 3 rings (SSSR count). The number of nitrogens with zero attached hydrogens (tertiary/aromatic N) is 2. The van der Waals surface area contributed by atoms with Crippen LogP contribution in [0.5, 0.6) is 5.88 Å². The maximum absolute atomic E-state index is 8.84. The summed E-state index contributed by atoms with van der Waals surface area (Å²) in [6.07, 6.45) is 1.65. The summed E-state index contributed by atoms with van der Waals surface area (Å²) < 4.78 is 16.7. The Bertz CT molecular complexity index is 604. The lowest BCUT2D eigenvalue weighted by Crippen LogP contribution is -2.68. The third-order valence-electron chi connectivity index (χ3n) is 4.29. The average molecular weight is 304 g/mol. The first-order valence-corrected chi connectivity index (χ1v) is 7.32. The third-order valence-corrected chi connectivity index (χ3v) is 4.29. The van der Waals surface area contributed by atoms with Crippen LogP contribution < -0.4 is 9.64 Å². The Labute approximate surface area is 130 Å². The second-order valence-electron chi connectivity index (χ2n) is 5.49. The number of methoxy groups -OCH3 is 1. The second-order valence-corrected chi connectivity index (χ2v) is 5.49. The number of aliphatic hydroxyl groups excluding tert-OH is 1. The van der Waals surface area contributed by atoms with E-state index in [1.54, 1.807) is 13.3 Å². The van der Waals surface area contributed by atoms with Gasteiger partial charge in [0.1, 0.15) is 17.9 Å². The van der Waals surface area contributed by atoms with Crippen molar-refractivity contribution >= 4 is 5.69 Å². The molecular weight excluding hydrogens is 284 g/mol. The van der Waals surface area contributed by atoms with Gasteiger partial charge in [-0.3, -0.25) is 0 Å². The van der Waals surface area contributed by atoms with Gasteiger partial charge >= 0.3 is 0 Å². The molecule has 3 heterocycles. The summed E-state index contributed by atoms with van der Waals surface area (Å²) in [6.45, 7) is 4.60. The van der Waals surface area contributed by atoms with Crippen molar-refractivity contribution in [3.8, 4) is 17.7 Å². The molecule has 0 aromatic carbocycles. The zero-order chi connectivity index (χ0) is 15.6. The molecular formula is C16H20N2O4. The van der Waals surface area contributed by atoms with Gasteiger partial charge in [-0.15, -0.1) is 0 Å². The van der Waals surface area contributed by atoms with Crippen LogP contribution in [0.25, 0.3) is 0 Å². The molecule has 1 aromatic heterocycles. The van der Waals surface area contributed by atoms with Crippen molar-refractivity contribution in [2.45, 2.75) is 18.6 Å². The molecule has 22 heavy (non-hydrogen) atoms. The molecule has 6 nitrogen and oxygen atoms in total. The topological polar surface area (TPSA) is 64.1 Å². The number of hydrogen-bond donors (Lipinski definition) is 1. The molecule has 6 heteroatoms. The number of morpholine rings is 1. The van der Waals surface area contributed by atoms with Gasteiger partial charge in [-0.25, -0.2) is 4.98 Å². The van der Waals surface area contributed by atoms with Gasteiger partial charge in [-0.1, -0.05) is 11.8 Å². The van der Waals surface area contributed by atoms with Gasteiger partial charge in [-0.05, 0) is 13.0 Å². The first kappa shape index (κ1) is 15.1. The number of aromatic nitrogens is 1. The molecule has 1 aromatic rings. The van der Waals surface area contributed by atoms with Gasteiger partial charge in [0.15, 0.2) is 0 Å². The summed E-state index contributed by atoms with van der Waals surface area (Å²) in [4.78, 5) is 6.57. The molecule has 118 valence electrons. The van der Waals surface area contributed by atoms with E-state index in [0.29, 0.717) is 25.7 Å². The second kappa shape index (κ2) is 6.13. The van der Waals surface area contributed by atoms with Crippen molar-refractivity contribution < 1.29 is 19.3 Å². The lowest BCUT2D eigenvalue weighted by molar-refractivity contribution is -0.228. The molecule has 0 aliphatic carbocycles. The maximum Gasteiger partial charge on any atom is 0.237 e. The monoisotopic (exact) mass is 304 g/mol. The maximum atomic E-state index is 8.84. The molecule has 2 aliphatic heterocycles. The molecule has 2 saturated heterocycles. The number of ether oxygens (including phenoxy) is 3. The Kier molecular flexibility index (Phi) is 4.21. The zero-order valence-electron chi connectivity index (χ0n) is 12.8. The standard InChI is InChI=1S/C16H20N2O4/c1-12-16(10-21-11-16)22-7-5-18(12)14-8-13(4-3-6-19)9-17-15(14)20-2/h8-9,12,19H,5-7,10-11H2,1-2H3. The highest BCUT2D eigenvalue weighted by atomic mass is 16.6. The Morgan fingerprint density at radius 1 is 1.55 bits per heavy atom. The highest BCUT2D eigenvalue weighted by Gasteiger charge is 2.50. The van der Waals surface area contributed by atoms with E-state index in [2.05, 4.69) is 28.6 Å². The van der Waals surface area contributed by atoms with E-state index in [4.69, 9.17) is 19.3 Å². The van der Waals surface area contributed by atoms with Crippen LogP contribution in [0.15, 0.2) is 12.3 Å². The van der Waals surface area contributed by atoms with Crippen LogP contribution in [-0.2, 0) is 9.47 Å². The van der Waals surface area contributed by atoms with Crippen LogP contribution in [0.3, 0.4) is 0 Å². The van der Waals surface area contributed by atoms with Gasteiger partial charge in [0, 0.05) is 18.3 Å². The quantitative estimate of drug-likeness (QED) is 0.799. The van der Waals surface area contributed by atoms with Gasteiger partial charge in [0.2, 0.25) is 5.88 Å². The Morgan fingerprint density at radius 2 is 2.36 bits per heavy atom. The van der Waals surface area contributed by atoms with Gasteiger partial charge < -0.3 is 24.2 Å². The summed E-state index contributed by atoms with van der Waals surface area (Å²) >= 11 is 0. The predicted molar refractivity (Wildman–Crippen MR) is 81.1 cm³/mol. The number of aliphatic hydroxyl groups is 1. The van der Waals surface area contributed by atoms with Gasteiger partial charge in [0.05, 0.1) is 33.0 Å². The third kappa shape index (κ3) is 2.52. The van der Waals surface area contributed by atoms with Crippen LogP contribution in [-0.4, -0.2) is 61.8 Å². The van der Waals surface area contributed by atoms with E-state index in [0.717, 1.165) is 17.8 Å². The van der Waals surface area contributed by atoms with Gasteiger partial charge in [0.25, 0.3) is 0 Å². The van der Waals surface area contributed by atoms with E-state index in [1.165, 1.54) is 0 Å². The van der Waals surface area contributed by atoms with Crippen molar-refractivity contribution in [3.05, 3.63) is 17.8 Å². The molecule has 0 saturated carbocycles. The Hall–Kier alpha value is -1.81. The zero-order valence-corrected chi connectivity index (χ0v) is 12.8. The lowest BCUT2D eigenvalue weighted by atomic mass is 9.90. The number of anilines is 1. The summed E-state index contributed by atoms with van der Waals surface area (Å²) in [5.41, 5.74) is 1.41. The highest BCUT2D eigenvalue weighted by molar-refractivity contribution is 5.60. The van der Waals surface area contributed by atoms with E-state index in [1.807, 2.05) is 6.07 Å². The first-order valence-electron chi connectivity index (χ1n) is 7.32. The molecule has 2 aliphatic rings. The summed E-state index contributed by atoms with van der Waals surface area (Å²) in [6, 6.07) is 2.11. The minimum atomic E-state index is -0.240. The smallest absolute Gasteiger partial charge is 0.237 e. The summed E-state index contributed by atoms with van der Waals surface area (Å²) in [7, 11) is 1.61. The first-order chi connectivity index (χ1) is 10.7. The van der Waals surface area contributed by atoms with Crippen LogP contribution in [0.1, 0.15) is 12.5 Å². The van der Waals surface area contributed by atoms with Crippen molar-refractivity contribution in [2.75, 3.05) is 45.0 Å². The van der Waals surface area contributed by atoms with E-state index in [9.17, 15) is 0 Å². The minimum Gasteiger partial charge on any atom is -0.480 e. The molecule has 0 radical (unpaired) electrons. The fourth-order valence-corrected chi connectivity index (χ4v) is 2.92. The normalized spacial score (nSPS) is 22.7. The lowest BCUT2D eigenvalue weighted by Gasteiger charge is -2.53. The summed E-state index contributed by atoms with van der Waals surface area (Å²) in [5.74, 6) is 6.10. The van der Waals surface area contributed by atoms with E-state index < -0.39 is 0 Å². The fourth-order valence-electron chi connectivity index (χ4n) is 2.92. The molecule has 1 unspecified atom stereocenters. The van der Waals surface area contributed by atoms with E-state index >= 15 is 0 Å². The highest BCUT2D eigenvalue weighted by Crippen LogP contribution is 2.37. The molecule has 0 amide bonds. The molecule has 1 atom stereocenters. The molecule has 0 bridgehead atoms. The minimum absolute atomic E-state index is 0.159. The number of rotatable bonds is 2. The van der Waals surface area contributed by atoms with Crippen molar-refractivity contribution in [1.82, 2.24) is 4.98 Å². The predicted octanol–water partition coefficient (Wildman–Crippen LogP) is 0.428. The number of pyridine rings is 1. The number of hydrogen-bond acceptors (Lipinski definition) is 6. The summed E-state index contributed by atoms with van der Waals surface area (Å²) in [5, 5.41) is 8.84. The Balaban J connectivity index is 1.94. The van der Waals surface area contributed by atoms with Crippen LogP contribution in [0.2, 0.25) is 0 Å². The van der Waals surface area contributed by atoms with Crippen LogP contribution in [0.4, 0.5) is 5.69 Å². The SMILES string of the molecule is COc1ncc(C#CCO)cc1N1CCOC2(COC2)C1C. The molecule has 1 spiro atoms.